The highest BCUT2D eigenvalue weighted by molar-refractivity contribution is 7.09. The summed E-state index contributed by atoms with van der Waals surface area (Å²) in [5.41, 5.74) is 0.792. The van der Waals surface area contributed by atoms with Gasteiger partial charge in [-0.05, 0) is 31.6 Å². The van der Waals surface area contributed by atoms with Crippen LogP contribution in [0.2, 0.25) is 0 Å². The van der Waals surface area contributed by atoms with Crippen molar-refractivity contribution in [3.8, 4) is 11.5 Å². The number of aryl methyl sites for hydroxylation is 1. The number of aliphatic hydroxyl groups is 1. The lowest BCUT2D eigenvalue weighted by Gasteiger charge is -2.22. The Morgan fingerprint density at radius 3 is 2.85 bits per heavy atom. The average Bonchev–Trinajstić information content (AvgIpc) is 3.01. The Labute approximate surface area is 163 Å². The molecule has 3 rings (SSSR count). The molecule has 0 unspecified atom stereocenters. The van der Waals surface area contributed by atoms with Crippen LogP contribution in [0.3, 0.4) is 0 Å². The number of rotatable bonds is 5. The third-order valence-corrected chi connectivity index (χ3v) is 5.27. The van der Waals surface area contributed by atoms with E-state index in [1.807, 2.05) is 30.5 Å². The number of ether oxygens (including phenoxy) is 2. The second-order valence-corrected chi connectivity index (χ2v) is 7.49. The minimum Gasteiger partial charge on any atom is -0.497 e. The zero-order valence-corrected chi connectivity index (χ0v) is 16.3. The van der Waals surface area contributed by atoms with Gasteiger partial charge < -0.3 is 19.5 Å². The van der Waals surface area contributed by atoms with Gasteiger partial charge in [0.1, 0.15) is 17.6 Å². The van der Waals surface area contributed by atoms with Gasteiger partial charge in [0.05, 0.1) is 23.9 Å². The van der Waals surface area contributed by atoms with Crippen LogP contribution in [0.1, 0.15) is 23.5 Å². The molecule has 1 amide bonds. The number of likely N-dealkylation sites (tertiary alicyclic amines) is 1. The lowest BCUT2D eigenvalue weighted by Crippen LogP contribution is -2.31. The molecule has 1 aliphatic rings. The van der Waals surface area contributed by atoms with Crippen molar-refractivity contribution in [1.29, 1.82) is 0 Å². The summed E-state index contributed by atoms with van der Waals surface area (Å²) in [6.45, 7) is 2.96. The fraction of sp³-hybridized carbons (Fsp3) is 0.400. The van der Waals surface area contributed by atoms with Crippen LogP contribution >= 0.6 is 11.3 Å². The molecule has 0 aliphatic carbocycles. The van der Waals surface area contributed by atoms with E-state index in [-0.39, 0.29) is 12.0 Å². The number of hydrogen-bond donors (Lipinski definition) is 1. The summed E-state index contributed by atoms with van der Waals surface area (Å²) < 4.78 is 11.2. The molecule has 1 saturated heterocycles. The molecule has 2 aromatic rings. The van der Waals surface area contributed by atoms with E-state index < -0.39 is 6.10 Å². The number of carbonyl (C=O) groups is 1. The molecule has 0 saturated carbocycles. The average molecular weight is 388 g/mol. The van der Waals surface area contributed by atoms with Crippen molar-refractivity contribution in [3.63, 3.8) is 0 Å². The molecule has 144 valence electrons. The lowest BCUT2D eigenvalue weighted by molar-refractivity contribution is -0.126. The van der Waals surface area contributed by atoms with Gasteiger partial charge >= 0.3 is 0 Å². The lowest BCUT2D eigenvalue weighted by atomic mass is 10.1. The fourth-order valence-electron chi connectivity index (χ4n) is 2.99. The van der Waals surface area contributed by atoms with Gasteiger partial charge in [-0.1, -0.05) is 6.07 Å². The molecule has 1 aromatic carbocycles. The van der Waals surface area contributed by atoms with Crippen LogP contribution < -0.4 is 9.47 Å². The largest absolute Gasteiger partial charge is 0.497 e. The van der Waals surface area contributed by atoms with Gasteiger partial charge in [-0.25, -0.2) is 4.98 Å². The molecule has 27 heavy (non-hydrogen) atoms. The first-order valence-electron chi connectivity index (χ1n) is 8.93. The molecule has 6 nitrogen and oxygen atoms in total. The van der Waals surface area contributed by atoms with Crippen LogP contribution in [-0.4, -0.2) is 53.3 Å². The van der Waals surface area contributed by atoms with Gasteiger partial charge in [-0.2, -0.15) is 0 Å². The quantitative estimate of drug-likeness (QED) is 0.798. The molecule has 1 aromatic heterocycles. The molecule has 2 atom stereocenters. The van der Waals surface area contributed by atoms with Crippen molar-refractivity contribution in [1.82, 2.24) is 9.88 Å². The number of thiazole rings is 1. The van der Waals surface area contributed by atoms with E-state index in [9.17, 15) is 9.90 Å². The normalized spacial score (nSPS) is 20.5. The third-order valence-electron chi connectivity index (χ3n) is 4.48. The van der Waals surface area contributed by atoms with Crippen LogP contribution in [0.4, 0.5) is 0 Å². The molecule has 0 bridgehead atoms. The number of aliphatic hydroxyl groups excluding tert-OH is 1. The standard InChI is InChI=1S/C20H24N2O4S/c1-14-21-15(13-27-14)6-7-20(24)22-10-8-18(23)19(9-11-22)26-17-5-3-4-16(12-17)25-2/h3-7,12-13,18-19,23H,8-11H2,1-2H3/b7-6+/t18-,19-/m0/s1. The van der Waals surface area contributed by atoms with Crippen LogP contribution in [0, 0.1) is 6.92 Å². The third kappa shape index (κ3) is 5.30. The summed E-state index contributed by atoms with van der Waals surface area (Å²) in [5, 5.41) is 13.3. The van der Waals surface area contributed by atoms with Gasteiger partial charge in [0, 0.05) is 37.0 Å². The fourth-order valence-corrected chi connectivity index (χ4v) is 3.57. The zero-order chi connectivity index (χ0) is 19.2. The Kier molecular flexibility index (Phi) is 6.47. The number of amides is 1. The van der Waals surface area contributed by atoms with Crippen molar-refractivity contribution >= 4 is 23.3 Å². The van der Waals surface area contributed by atoms with Gasteiger partial charge in [0.25, 0.3) is 0 Å². The van der Waals surface area contributed by atoms with Crippen molar-refractivity contribution < 1.29 is 19.4 Å². The summed E-state index contributed by atoms with van der Waals surface area (Å²) in [6, 6.07) is 7.31. The topological polar surface area (TPSA) is 71.9 Å². The Morgan fingerprint density at radius 1 is 1.33 bits per heavy atom. The van der Waals surface area contributed by atoms with Gasteiger partial charge in [-0.3, -0.25) is 4.79 Å². The summed E-state index contributed by atoms with van der Waals surface area (Å²) in [6.07, 6.45) is 3.33. The Hall–Kier alpha value is -2.38. The molecule has 1 aliphatic heterocycles. The van der Waals surface area contributed by atoms with Crippen LogP contribution in [0.5, 0.6) is 11.5 Å². The molecule has 7 heteroatoms. The van der Waals surface area contributed by atoms with E-state index in [1.54, 1.807) is 41.6 Å². The Balaban J connectivity index is 1.59. The van der Waals surface area contributed by atoms with E-state index in [1.165, 1.54) is 0 Å². The number of benzene rings is 1. The molecule has 2 heterocycles. The molecule has 1 fully saturated rings. The second kappa shape index (κ2) is 9.01. The summed E-state index contributed by atoms with van der Waals surface area (Å²) in [5.74, 6) is 1.28. The van der Waals surface area contributed by atoms with Crippen LogP contribution in [0.25, 0.3) is 6.08 Å². The first-order chi connectivity index (χ1) is 13.0. The molecular formula is C20H24N2O4S. The first-order valence-corrected chi connectivity index (χ1v) is 9.81. The van der Waals surface area contributed by atoms with Crippen LogP contribution in [-0.2, 0) is 4.79 Å². The van der Waals surface area contributed by atoms with E-state index in [2.05, 4.69) is 4.98 Å². The Morgan fingerprint density at radius 2 is 2.11 bits per heavy atom. The highest BCUT2D eigenvalue weighted by atomic mass is 32.1. The number of aromatic nitrogens is 1. The predicted molar refractivity (Wildman–Crippen MR) is 105 cm³/mol. The van der Waals surface area contributed by atoms with Crippen molar-refractivity contribution in [3.05, 3.63) is 46.4 Å². The number of nitrogens with zero attached hydrogens (tertiary/aromatic N) is 2. The van der Waals surface area contributed by atoms with Gasteiger partial charge in [0.15, 0.2) is 0 Å². The SMILES string of the molecule is COc1cccc(O[C@H]2CCN(C(=O)/C=C/c3csc(C)n3)CC[C@@H]2O)c1. The smallest absolute Gasteiger partial charge is 0.246 e. The highest BCUT2D eigenvalue weighted by Gasteiger charge is 2.27. The Bertz CT molecular complexity index is 805. The highest BCUT2D eigenvalue weighted by Crippen LogP contribution is 2.23. The monoisotopic (exact) mass is 388 g/mol. The second-order valence-electron chi connectivity index (χ2n) is 6.43. The van der Waals surface area contributed by atoms with Gasteiger partial charge in [0.2, 0.25) is 5.91 Å². The predicted octanol–water partition coefficient (Wildman–Crippen LogP) is 2.90. The van der Waals surface area contributed by atoms with Crippen molar-refractivity contribution in [2.45, 2.75) is 32.0 Å². The van der Waals surface area contributed by atoms with E-state index in [4.69, 9.17) is 9.47 Å². The molecule has 0 radical (unpaired) electrons. The van der Waals surface area contributed by atoms with Crippen molar-refractivity contribution in [2.24, 2.45) is 0 Å². The minimum atomic E-state index is -0.626. The minimum absolute atomic E-state index is 0.0742. The van der Waals surface area contributed by atoms with Crippen molar-refractivity contribution in [2.75, 3.05) is 20.2 Å². The summed E-state index contributed by atoms with van der Waals surface area (Å²) in [7, 11) is 1.60. The van der Waals surface area contributed by atoms with Gasteiger partial charge in [-0.15, -0.1) is 11.3 Å². The van der Waals surface area contributed by atoms with E-state index in [0.717, 1.165) is 10.7 Å². The number of carbonyl (C=O) groups excluding carboxylic acids is 1. The summed E-state index contributed by atoms with van der Waals surface area (Å²) >= 11 is 1.55. The van der Waals surface area contributed by atoms with E-state index in [0.29, 0.717) is 37.4 Å². The maximum atomic E-state index is 12.5. The maximum Gasteiger partial charge on any atom is 0.246 e. The molecular weight excluding hydrogens is 364 g/mol. The molecule has 1 N–H and O–H groups in total. The number of methoxy groups -OCH3 is 1. The summed E-state index contributed by atoms with van der Waals surface area (Å²) in [4.78, 5) is 18.5. The number of hydrogen-bond acceptors (Lipinski definition) is 6. The van der Waals surface area contributed by atoms with Crippen LogP contribution in [0.15, 0.2) is 35.7 Å². The van der Waals surface area contributed by atoms with E-state index >= 15 is 0 Å². The maximum absolute atomic E-state index is 12.5. The zero-order valence-electron chi connectivity index (χ0n) is 15.5. The molecule has 0 spiro atoms. The first kappa shape index (κ1) is 19.4.